The van der Waals surface area contributed by atoms with Crippen LogP contribution < -0.4 is 21.7 Å². The van der Waals surface area contributed by atoms with Crippen molar-refractivity contribution in [3.8, 4) is 0 Å². The average molecular weight is 355 g/mol. The Morgan fingerprint density at radius 3 is 2.96 bits per heavy atom. The number of hydrogen-bond donors (Lipinski definition) is 3. The number of nitrogens with two attached hydrogens (primary N) is 2. The monoisotopic (exact) mass is 355 g/mol. The molecule has 0 radical (unpaired) electrons. The van der Waals surface area contributed by atoms with Gasteiger partial charge in [-0.2, -0.15) is 0 Å². The van der Waals surface area contributed by atoms with E-state index in [0.717, 1.165) is 42.6 Å². The Balaban J connectivity index is 1.73. The Morgan fingerprint density at radius 1 is 1.38 bits per heavy atom. The summed E-state index contributed by atoms with van der Waals surface area (Å²) in [6, 6.07) is 8.24. The zero-order valence-corrected chi connectivity index (χ0v) is 15.7. The van der Waals surface area contributed by atoms with Gasteiger partial charge in [-0.25, -0.2) is 4.98 Å². The predicted molar refractivity (Wildman–Crippen MR) is 107 cm³/mol. The molecule has 2 aliphatic heterocycles. The van der Waals surface area contributed by atoms with E-state index in [4.69, 9.17) is 16.2 Å². The van der Waals surface area contributed by atoms with E-state index in [0.29, 0.717) is 24.9 Å². The maximum Gasteiger partial charge on any atom is 0.149 e. The zero-order valence-electron chi connectivity index (χ0n) is 15.7. The number of piperidine rings is 1. The fourth-order valence-electron chi connectivity index (χ4n) is 4.71. The summed E-state index contributed by atoms with van der Waals surface area (Å²) < 4.78 is 5.90. The van der Waals surface area contributed by atoms with Gasteiger partial charge in [-0.3, -0.25) is 0 Å². The minimum Gasteiger partial charge on any atom is -0.382 e. The Labute approximate surface area is 154 Å². The van der Waals surface area contributed by atoms with Crippen molar-refractivity contribution < 1.29 is 4.74 Å². The van der Waals surface area contributed by atoms with E-state index in [-0.39, 0.29) is 11.6 Å². The van der Waals surface area contributed by atoms with Gasteiger partial charge in [0.15, 0.2) is 0 Å². The molecule has 2 aromatic rings. The van der Waals surface area contributed by atoms with Gasteiger partial charge < -0.3 is 26.4 Å². The quantitative estimate of drug-likeness (QED) is 0.715. The molecule has 1 saturated heterocycles. The molecule has 6 nitrogen and oxygen atoms in total. The van der Waals surface area contributed by atoms with Crippen LogP contribution in [0.4, 0.5) is 17.2 Å². The molecular formula is C20H29N5O. The lowest BCUT2D eigenvalue weighted by Crippen LogP contribution is -2.54. The summed E-state index contributed by atoms with van der Waals surface area (Å²) >= 11 is 0. The Hall–Kier alpha value is -2.05. The summed E-state index contributed by atoms with van der Waals surface area (Å²) in [5.74, 6) is 1.17. The molecule has 5 N–H and O–H groups in total. The van der Waals surface area contributed by atoms with Gasteiger partial charge in [0.2, 0.25) is 0 Å². The van der Waals surface area contributed by atoms with E-state index in [1.165, 1.54) is 5.69 Å². The fraction of sp³-hybridized carbons (Fsp3) is 0.550. The zero-order chi connectivity index (χ0) is 18.3. The molecule has 1 aromatic carbocycles. The molecular weight excluding hydrogens is 326 g/mol. The first-order valence-corrected chi connectivity index (χ1v) is 9.56. The molecule has 26 heavy (non-hydrogen) atoms. The number of fused-ring (bicyclic) bond motifs is 5. The van der Waals surface area contributed by atoms with Gasteiger partial charge in [0, 0.05) is 23.9 Å². The van der Waals surface area contributed by atoms with Crippen molar-refractivity contribution in [2.45, 2.75) is 32.9 Å². The summed E-state index contributed by atoms with van der Waals surface area (Å²) in [4.78, 5) is 7.07. The Kier molecular flexibility index (Phi) is 4.40. The van der Waals surface area contributed by atoms with Crippen LogP contribution in [0, 0.1) is 11.3 Å². The first-order valence-electron chi connectivity index (χ1n) is 9.56. The minimum atomic E-state index is 0.0862. The normalized spacial score (nSPS) is 27.3. The number of para-hydroxylation sites is 1. The Bertz CT molecular complexity index is 810. The maximum atomic E-state index is 6.29. The average Bonchev–Trinajstić information content (AvgIpc) is 3.00. The van der Waals surface area contributed by atoms with Crippen LogP contribution in [0.25, 0.3) is 10.9 Å². The van der Waals surface area contributed by atoms with Crippen molar-refractivity contribution in [3.05, 3.63) is 24.3 Å². The van der Waals surface area contributed by atoms with Gasteiger partial charge in [-0.05, 0) is 18.4 Å². The molecule has 3 heterocycles. The second kappa shape index (κ2) is 6.59. The summed E-state index contributed by atoms with van der Waals surface area (Å²) in [6.45, 7) is 7.47. The third-order valence-corrected chi connectivity index (χ3v) is 6.08. The molecule has 1 aromatic heterocycles. The number of nitrogens with one attached hydrogen (secondary N) is 1. The minimum absolute atomic E-state index is 0.0862. The SMILES string of the molecule is CCC1CC2Nc3c(N)nc4ccccc4c3N2CC1(C)COCCN. The van der Waals surface area contributed by atoms with Crippen molar-refractivity contribution >= 4 is 28.1 Å². The maximum absolute atomic E-state index is 6.29. The van der Waals surface area contributed by atoms with Gasteiger partial charge in [0.1, 0.15) is 11.5 Å². The van der Waals surface area contributed by atoms with Crippen LogP contribution >= 0.6 is 0 Å². The summed E-state index contributed by atoms with van der Waals surface area (Å²) in [6.07, 6.45) is 2.48. The second-order valence-electron chi connectivity index (χ2n) is 7.86. The topological polar surface area (TPSA) is 89.4 Å². The lowest BCUT2D eigenvalue weighted by atomic mass is 9.70. The number of pyridine rings is 1. The van der Waals surface area contributed by atoms with E-state index >= 15 is 0 Å². The third kappa shape index (κ3) is 2.68. The lowest BCUT2D eigenvalue weighted by Gasteiger charge is -2.48. The second-order valence-corrected chi connectivity index (χ2v) is 7.86. The molecule has 0 spiro atoms. The van der Waals surface area contributed by atoms with Gasteiger partial charge in [0.05, 0.1) is 30.6 Å². The summed E-state index contributed by atoms with van der Waals surface area (Å²) in [7, 11) is 0. The standard InChI is InChI=1S/C20H29N5O/c1-3-13-10-16-24-17-18(14-6-4-5-7-15(14)23-19(17)22)25(16)11-20(13,2)12-26-9-8-21/h4-7,13,16,24H,3,8-12,21H2,1-2H3,(H2,22,23). The van der Waals surface area contributed by atoms with E-state index in [2.05, 4.69) is 41.2 Å². The largest absolute Gasteiger partial charge is 0.382 e. The molecule has 3 unspecified atom stereocenters. The van der Waals surface area contributed by atoms with E-state index < -0.39 is 0 Å². The molecule has 4 rings (SSSR count). The number of ether oxygens (including phenoxy) is 1. The van der Waals surface area contributed by atoms with Crippen LogP contribution in [0.1, 0.15) is 26.7 Å². The fourth-order valence-corrected chi connectivity index (χ4v) is 4.71. The molecule has 140 valence electrons. The number of hydrogen-bond acceptors (Lipinski definition) is 6. The van der Waals surface area contributed by atoms with Crippen molar-refractivity contribution in [1.29, 1.82) is 0 Å². The van der Waals surface area contributed by atoms with Crippen LogP contribution in [0.2, 0.25) is 0 Å². The number of anilines is 3. The number of nitrogen functional groups attached to an aromatic ring is 1. The van der Waals surface area contributed by atoms with Gasteiger partial charge in [-0.15, -0.1) is 0 Å². The molecule has 6 heteroatoms. The number of aromatic nitrogens is 1. The van der Waals surface area contributed by atoms with Crippen molar-refractivity contribution in [2.24, 2.45) is 17.1 Å². The van der Waals surface area contributed by atoms with Crippen LogP contribution in [-0.4, -0.2) is 37.5 Å². The molecule has 0 amide bonds. The molecule has 0 aliphatic carbocycles. The van der Waals surface area contributed by atoms with Crippen LogP contribution in [0.3, 0.4) is 0 Å². The lowest BCUT2D eigenvalue weighted by molar-refractivity contribution is 0.00659. The van der Waals surface area contributed by atoms with E-state index in [1.807, 2.05) is 12.1 Å². The molecule has 1 fully saturated rings. The molecule has 2 aliphatic rings. The molecule has 0 bridgehead atoms. The van der Waals surface area contributed by atoms with Crippen LogP contribution in [-0.2, 0) is 4.74 Å². The number of rotatable bonds is 5. The first-order chi connectivity index (χ1) is 12.6. The van der Waals surface area contributed by atoms with Gasteiger partial charge in [-0.1, -0.05) is 38.5 Å². The third-order valence-electron chi connectivity index (χ3n) is 6.08. The number of benzene rings is 1. The highest BCUT2D eigenvalue weighted by molar-refractivity contribution is 6.04. The van der Waals surface area contributed by atoms with Crippen LogP contribution in [0.5, 0.6) is 0 Å². The predicted octanol–water partition coefficient (Wildman–Crippen LogP) is 2.79. The summed E-state index contributed by atoms with van der Waals surface area (Å²) in [5, 5.41) is 4.80. The highest BCUT2D eigenvalue weighted by Crippen LogP contribution is 2.50. The highest BCUT2D eigenvalue weighted by atomic mass is 16.5. The Morgan fingerprint density at radius 2 is 2.19 bits per heavy atom. The van der Waals surface area contributed by atoms with Crippen LogP contribution in [0.15, 0.2) is 24.3 Å². The van der Waals surface area contributed by atoms with E-state index in [9.17, 15) is 0 Å². The molecule has 3 atom stereocenters. The van der Waals surface area contributed by atoms with Crippen molar-refractivity contribution in [2.75, 3.05) is 42.3 Å². The van der Waals surface area contributed by atoms with E-state index in [1.54, 1.807) is 0 Å². The smallest absolute Gasteiger partial charge is 0.149 e. The summed E-state index contributed by atoms with van der Waals surface area (Å²) in [5.41, 5.74) is 15.1. The van der Waals surface area contributed by atoms with Crippen molar-refractivity contribution in [3.63, 3.8) is 0 Å². The number of nitrogens with zero attached hydrogens (tertiary/aromatic N) is 2. The van der Waals surface area contributed by atoms with Gasteiger partial charge in [0.25, 0.3) is 0 Å². The van der Waals surface area contributed by atoms with Gasteiger partial charge >= 0.3 is 0 Å². The van der Waals surface area contributed by atoms with Crippen molar-refractivity contribution in [1.82, 2.24) is 4.98 Å². The molecule has 0 saturated carbocycles. The first kappa shape index (κ1) is 17.4. The highest BCUT2D eigenvalue weighted by Gasteiger charge is 2.47.